The van der Waals surface area contributed by atoms with E-state index in [4.69, 9.17) is 9.47 Å². The first kappa shape index (κ1) is 16.9. The fraction of sp³-hybridized carbons (Fsp3) is 0.615. The van der Waals surface area contributed by atoms with E-state index in [-0.39, 0.29) is 36.1 Å². The summed E-state index contributed by atoms with van der Waals surface area (Å²) in [4.78, 5) is 35.6. The van der Waals surface area contributed by atoms with Crippen molar-refractivity contribution >= 4 is 17.6 Å². The van der Waals surface area contributed by atoms with Crippen molar-refractivity contribution in [1.29, 1.82) is 0 Å². The molecule has 1 aromatic rings. The molecular weight excluding hydrogens is 308 g/mol. The number of nitrogens with zero attached hydrogens (tertiary/aromatic N) is 4. The molecule has 0 aliphatic carbocycles. The number of nitro groups is 1. The molecule has 0 atom stereocenters. The first-order valence-electron chi connectivity index (χ1n) is 7.09. The number of morpholine rings is 1. The molecule has 0 unspecified atom stereocenters. The summed E-state index contributed by atoms with van der Waals surface area (Å²) in [6, 6.07) is 0. The van der Waals surface area contributed by atoms with Gasteiger partial charge in [-0.1, -0.05) is 0 Å². The molecule has 1 aliphatic heterocycles. The number of hydrogen-bond acceptors (Lipinski definition) is 7. The quantitative estimate of drug-likeness (QED) is 0.418. The number of rotatable bonds is 5. The lowest BCUT2D eigenvalue weighted by atomic mass is 10.3. The molecule has 1 saturated heterocycles. The van der Waals surface area contributed by atoms with Gasteiger partial charge in [0.1, 0.15) is 17.9 Å². The van der Waals surface area contributed by atoms with Crippen molar-refractivity contribution < 1.29 is 24.0 Å². The number of aryl methyl sites for hydroxylation is 1. The predicted molar refractivity (Wildman–Crippen MR) is 76.7 cm³/mol. The second-order valence-corrected chi connectivity index (χ2v) is 5.09. The molecule has 0 N–H and O–H groups in total. The maximum atomic E-state index is 11.9. The molecule has 1 aliphatic rings. The molecule has 0 aromatic carbocycles. The van der Waals surface area contributed by atoms with Crippen LogP contribution < -0.4 is 0 Å². The van der Waals surface area contributed by atoms with Gasteiger partial charge in [0, 0.05) is 13.1 Å². The third-order valence-electron chi connectivity index (χ3n) is 3.53. The van der Waals surface area contributed by atoms with E-state index in [1.54, 1.807) is 4.90 Å². The molecule has 10 nitrogen and oxygen atoms in total. The van der Waals surface area contributed by atoms with Crippen LogP contribution in [0.25, 0.3) is 0 Å². The number of esters is 1. The minimum atomic E-state index is -0.674. The molecule has 0 saturated carbocycles. The average molecular weight is 326 g/mol. The standard InChI is InChI=1S/C13H18N4O6/c1-9-13(17(20)21)10(2)16(14-9)7-12(19)23-8-11(18)15-3-5-22-6-4-15/h3-8H2,1-2H3. The molecule has 1 aromatic heterocycles. The summed E-state index contributed by atoms with van der Waals surface area (Å²) in [5, 5.41) is 14.9. The van der Waals surface area contributed by atoms with Crippen LogP contribution in [0.5, 0.6) is 0 Å². The molecule has 23 heavy (non-hydrogen) atoms. The average Bonchev–Trinajstić information content (AvgIpc) is 2.79. The Morgan fingerprint density at radius 1 is 1.35 bits per heavy atom. The zero-order valence-corrected chi connectivity index (χ0v) is 13.0. The molecule has 0 radical (unpaired) electrons. The summed E-state index contributed by atoms with van der Waals surface area (Å²) in [6.07, 6.45) is 0. The van der Waals surface area contributed by atoms with Gasteiger partial charge in [0.05, 0.1) is 18.1 Å². The maximum Gasteiger partial charge on any atom is 0.328 e. The highest BCUT2D eigenvalue weighted by Crippen LogP contribution is 2.21. The van der Waals surface area contributed by atoms with Gasteiger partial charge in [0.15, 0.2) is 6.61 Å². The molecule has 2 rings (SSSR count). The van der Waals surface area contributed by atoms with Crippen molar-refractivity contribution in [3.8, 4) is 0 Å². The van der Waals surface area contributed by atoms with Crippen molar-refractivity contribution in [2.75, 3.05) is 32.9 Å². The number of carbonyl (C=O) groups excluding carboxylic acids is 2. The highest BCUT2D eigenvalue weighted by Gasteiger charge is 2.24. The zero-order chi connectivity index (χ0) is 17.0. The van der Waals surface area contributed by atoms with Gasteiger partial charge in [0.2, 0.25) is 0 Å². The molecule has 1 fully saturated rings. The second kappa shape index (κ2) is 7.18. The minimum absolute atomic E-state index is 0.123. The molecule has 0 bridgehead atoms. The highest BCUT2D eigenvalue weighted by molar-refractivity contribution is 5.80. The highest BCUT2D eigenvalue weighted by atomic mass is 16.6. The monoisotopic (exact) mass is 326 g/mol. The lowest BCUT2D eigenvalue weighted by molar-refractivity contribution is -0.386. The molecule has 1 amide bonds. The molecular formula is C13H18N4O6. The van der Waals surface area contributed by atoms with Gasteiger partial charge in [-0.25, -0.2) is 0 Å². The second-order valence-electron chi connectivity index (χ2n) is 5.09. The van der Waals surface area contributed by atoms with Gasteiger partial charge in [-0.2, -0.15) is 5.10 Å². The number of aromatic nitrogens is 2. The third-order valence-corrected chi connectivity index (χ3v) is 3.53. The van der Waals surface area contributed by atoms with Crippen LogP contribution in [0.1, 0.15) is 11.4 Å². The van der Waals surface area contributed by atoms with Crippen LogP contribution in [0.15, 0.2) is 0 Å². The summed E-state index contributed by atoms with van der Waals surface area (Å²) < 4.78 is 11.3. The fourth-order valence-corrected chi connectivity index (χ4v) is 2.32. The van der Waals surface area contributed by atoms with Crippen LogP contribution >= 0.6 is 0 Å². The number of carbonyl (C=O) groups is 2. The molecule has 2 heterocycles. The summed E-state index contributed by atoms with van der Waals surface area (Å²) in [6.45, 7) is 4.24. The minimum Gasteiger partial charge on any atom is -0.454 e. The van der Waals surface area contributed by atoms with Crippen LogP contribution in [0.2, 0.25) is 0 Å². The van der Waals surface area contributed by atoms with E-state index in [0.717, 1.165) is 0 Å². The Morgan fingerprint density at radius 2 is 2.00 bits per heavy atom. The van der Waals surface area contributed by atoms with E-state index in [9.17, 15) is 19.7 Å². The Hall–Kier alpha value is -2.49. The van der Waals surface area contributed by atoms with E-state index in [2.05, 4.69) is 5.10 Å². The Labute approximate surface area is 132 Å². The van der Waals surface area contributed by atoms with Crippen molar-refractivity contribution in [1.82, 2.24) is 14.7 Å². The smallest absolute Gasteiger partial charge is 0.328 e. The van der Waals surface area contributed by atoms with Crippen molar-refractivity contribution in [3.63, 3.8) is 0 Å². The van der Waals surface area contributed by atoms with Gasteiger partial charge in [-0.15, -0.1) is 0 Å². The van der Waals surface area contributed by atoms with Crippen molar-refractivity contribution in [2.45, 2.75) is 20.4 Å². The SMILES string of the molecule is Cc1nn(CC(=O)OCC(=O)N2CCOCC2)c(C)c1[N+](=O)[O-]. The first-order chi connectivity index (χ1) is 10.9. The number of amides is 1. The molecule has 0 spiro atoms. The zero-order valence-electron chi connectivity index (χ0n) is 13.0. The summed E-state index contributed by atoms with van der Waals surface area (Å²) in [5.74, 6) is -0.965. The fourth-order valence-electron chi connectivity index (χ4n) is 2.32. The summed E-state index contributed by atoms with van der Waals surface area (Å²) >= 11 is 0. The Morgan fingerprint density at radius 3 is 2.57 bits per heavy atom. The van der Waals surface area contributed by atoms with Crippen LogP contribution in [-0.2, 0) is 25.6 Å². The molecule has 126 valence electrons. The number of ether oxygens (including phenoxy) is 2. The largest absolute Gasteiger partial charge is 0.454 e. The van der Waals surface area contributed by atoms with Gasteiger partial charge >= 0.3 is 11.7 Å². The van der Waals surface area contributed by atoms with Crippen molar-refractivity contribution in [2.24, 2.45) is 0 Å². The van der Waals surface area contributed by atoms with E-state index < -0.39 is 10.9 Å². The van der Waals surface area contributed by atoms with Crippen LogP contribution in [0.4, 0.5) is 5.69 Å². The van der Waals surface area contributed by atoms with Crippen LogP contribution in [-0.4, -0.2) is 64.4 Å². The topological polar surface area (TPSA) is 117 Å². The van der Waals surface area contributed by atoms with Gasteiger partial charge in [0.25, 0.3) is 5.91 Å². The lowest BCUT2D eigenvalue weighted by Crippen LogP contribution is -2.42. The summed E-state index contributed by atoms with van der Waals surface area (Å²) in [7, 11) is 0. The van der Waals surface area contributed by atoms with Gasteiger partial charge in [-0.3, -0.25) is 24.4 Å². The first-order valence-corrected chi connectivity index (χ1v) is 7.09. The van der Waals surface area contributed by atoms with Crippen LogP contribution in [0, 0.1) is 24.0 Å². The van der Waals surface area contributed by atoms with E-state index in [1.807, 2.05) is 0 Å². The van der Waals surface area contributed by atoms with E-state index >= 15 is 0 Å². The lowest BCUT2D eigenvalue weighted by Gasteiger charge is -2.26. The van der Waals surface area contributed by atoms with Gasteiger partial charge in [-0.05, 0) is 13.8 Å². The Kier molecular flexibility index (Phi) is 5.27. The maximum absolute atomic E-state index is 11.9. The molecule has 10 heteroatoms. The summed E-state index contributed by atoms with van der Waals surface area (Å²) in [5.41, 5.74) is 0.371. The van der Waals surface area contributed by atoms with Gasteiger partial charge < -0.3 is 14.4 Å². The van der Waals surface area contributed by atoms with E-state index in [1.165, 1.54) is 18.5 Å². The predicted octanol–water partition coefficient (Wildman–Crippen LogP) is -0.190. The Balaban J connectivity index is 1.89. The number of hydrogen-bond donors (Lipinski definition) is 0. The Bertz CT molecular complexity index is 620. The van der Waals surface area contributed by atoms with E-state index in [0.29, 0.717) is 26.3 Å². The third kappa shape index (κ3) is 4.03. The normalized spacial score (nSPS) is 14.6. The van der Waals surface area contributed by atoms with Crippen LogP contribution in [0.3, 0.4) is 0 Å². The van der Waals surface area contributed by atoms with Crippen molar-refractivity contribution in [3.05, 3.63) is 21.5 Å².